The van der Waals surface area contributed by atoms with Crippen molar-refractivity contribution in [1.29, 1.82) is 0 Å². The quantitative estimate of drug-likeness (QED) is 0.242. The second-order valence-electron chi connectivity index (χ2n) is 9.65. The van der Waals surface area contributed by atoms with Gasteiger partial charge in [0, 0.05) is 16.7 Å². The zero-order valence-corrected chi connectivity index (χ0v) is 23.3. The third-order valence-corrected chi connectivity index (χ3v) is 7.07. The van der Waals surface area contributed by atoms with Crippen LogP contribution in [0.2, 0.25) is 0 Å². The van der Waals surface area contributed by atoms with E-state index in [9.17, 15) is 9.59 Å². The van der Waals surface area contributed by atoms with Crippen LogP contribution in [0.25, 0.3) is 16.6 Å². The van der Waals surface area contributed by atoms with Gasteiger partial charge in [0.05, 0.1) is 22.6 Å². The molecule has 0 saturated heterocycles. The smallest absolute Gasteiger partial charge is 0.314 e. The Bertz CT molecular complexity index is 1450. The largest absolute Gasteiger partial charge is 0.322 e. The number of carbonyl (C=O) groups excluding carboxylic acids is 1. The highest BCUT2D eigenvalue weighted by atomic mass is 79.9. The highest BCUT2D eigenvalue weighted by molar-refractivity contribution is 9.10. The van der Waals surface area contributed by atoms with Gasteiger partial charge in [-0.2, -0.15) is 0 Å². The van der Waals surface area contributed by atoms with Gasteiger partial charge in [-0.25, -0.2) is 9.78 Å². The summed E-state index contributed by atoms with van der Waals surface area (Å²) in [6, 6.07) is 22.1. The number of nitrogens with one attached hydrogen (secondary N) is 1. The molecule has 3 aromatic carbocycles. The molecule has 0 spiro atoms. The number of benzene rings is 3. The number of hydrogen-bond donors (Lipinski definition) is 1. The Balaban J connectivity index is 1.87. The monoisotopic (exact) mass is 560 g/mol. The van der Waals surface area contributed by atoms with Gasteiger partial charge in [0.2, 0.25) is 0 Å². The van der Waals surface area contributed by atoms with Crippen LogP contribution in [0, 0.1) is 12.8 Å². The minimum Gasteiger partial charge on any atom is -0.314 e. The standard InChI is InChI=1S/C30H33BrN4O2/c1-5-27(34(19-18-20(2)3)30(37)33-25-12-8-6-10-21(25)4)28-32-26-13-9-7-11-24(26)29(36)35(28)23-16-14-22(31)15-17-23/h6-17,20,27H,5,18-19H2,1-4H3,(H,33,37). The second kappa shape index (κ2) is 11.7. The molecular formula is C30H33BrN4O2. The minimum absolute atomic E-state index is 0.149. The lowest BCUT2D eigenvalue weighted by molar-refractivity contribution is 0.176. The van der Waals surface area contributed by atoms with Crippen LogP contribution in [-0.2, 0) is 0 Å². The molecule has 37 heavy (non-hydrogen) atoms. The van der Waals surface area contributed by atoms with E-state index in [4.69, 9.17) is 4.98 Å². The number of para-hydroxylation sites is 2. The molecule has 4 rings (SSSR count). The van der Waals surface area contributed by atoms with Crippen molar-refractivity contribution in [2.24, 2.45) is 5.92 Å². The van der Waals surface area contributed by atoms with Crippen molar-refractivity contribution in [3.05, 3.63) is 99.0 Å². The van der Waals surface area contributed by atoms with Gasteiger partial charge in [-0.05, 0) is 73.7 Å². The summed E-state index contributed by atoms with van der Waals surface area (Å²) >= 11 is 3.49. The molecule has 4 aromatic rings. The number of urea groups is 1. The van der Waals surface area contributed by atoms with Crippen molar-refractivity contribution >= 4 is 38.6 Å². The van der Waals surface area contributed by atoms with Crippen molar-refractivity contribution in [3.63, 3.8) is 0 Å². The van der Waals surface area contributed by atoms with E-state index in [1.807, 2.05) is 85.5 Å². The fourth-order valence-electron chi connectivity index (χ4n) is 4.45. The highest BCUT2D eigenvalue weighted by Gasteiger charge is 2.29. The van der Waals surface area contributed by atoms with Crippen molar-refractivity contribution in [2.45, 2.75) is 46.6 Å². The third-order valence-electron chi connectivity index (χ3n) is 6.54. The van der Waals surface area contributed by atoms with Crippen molar-refractivity contribution in [2.75, 3.05) is 11.9 Å². The third kappa shape index (κ3) is 5.93. The van der Waals surface area contributed by atoms with Crippen LogP contribution in [0.15, 0.2) is 82.1 Å². The summed E-state index contributed by atoms with van der Waals surface area (Å²) in [5.41, 5.74) is 2.95. The average molecular weight is 562 g/mol. The van der Waals surface area contributed by atoms with Gasteiger partial charge >= 0.3 is 6.03 Å². The SMILES string of the molecule is CCC(c1nc2ccccc2c(=O)n1-c1ccc(Br)cc1)N(CCC(C)C)C(=O)Nc1ccccc1C. The molecule has 7 heteroatoms. The zero-order valence-electron chi connectivity index (χ0n) is 21.7. The van der Waals surface area contributed by atoms with Crippen LogP contribution in [-0.4, -0.2) is 27.0 Å². The average Bonchev–Trinajstić information content (AvgIpc) is 2.88. The number of fused-ring (bicyclic) bond motifs is 1. The van der Waals surface area contributed by atoms with Gasteiger partial charge in [-0.1, -0.05) is 67.0 Å². The molecule has 0 fully saturated rings. The van der Waals surface area contributed by atoms with Gasteiger partial charge in [-0.15, -0.1) is 0 Å². The summed E-state index contributed by atoms with van der Waals surface area (Å²) in [6.45, 7) is 8.83. The molecule has 0 aliphatic carbocycles. The normalized spacial score (nSPS) is 12.1. The molecule has 1 heterocycles. The van der Waals surface area contributed by atoms with Crippen LogP contribution >= 0.6 is 15.9 Å². The van der Waals surface area contributed by atoms with E-state index in [2.05, 4.69) is 35.1 Å². The summed E-state index contributed by atoms with van der Waals surface area (Å²) in [5, 5.41) is 3.65. The highest BCUT2D eigenvalue weighted by Crippen LogP contribution is 2.28. The van der Waals surface area contributed by atoms with Crippen molar-refractivity contribution < 1.29 is 4.79 Å². The molecule has 1 N–H and O–H groups in total. The summed E-state index contributed by atoms with van der Waals surface area (Å²) in [6.07, 6.45) is 1.42. The number of nitrogens with zero attached hydrogens (tertiary/aromatic N) is 3. The Labute approximate surface area is 226 Å². The number of rotatable bonds is 8. The summed E-state index contributed by atoms with van der Waals surface area (Å²) < 4.78 is 2.58. The molecule has 192 valence electrons. The summed E-state index contributed by atoms with van der Waals surface area (Å²) in [5.74, 6) is 0.960. The lowest BCUT2D eigenvalue weighted by Crippen LogP contribution is -2.41. The minimum atomic E-state index is -0.413. The molecule has 0 aliphatic heterocycles. The molecule has 0 aliphatic rings. The van der Waals surface area contributed by atoms with Crippen LogP contribution < -0.4 is 10.9 Å². The first-order valence-electron chi connectivity index (χ1n) is 12.7. The second-order valence-corrected chi connectivity index (χ2v) is 10.6. The van der Waals surface area contributed by atoms with Crippen molar-refractivity contribution in [3.8, 4) is 5.69 Å². The van der Waals surface area contributed by atoms with Gasteiger partial charge < -0.3 is 10.2 Å². The van der Waals surface area contributed by atoms with Gasteiger partial charge in [0.15, 0.2) is 0 Å². The number of carbonyl (C=O) groups is 1. The van der Waals surface area contributed by atoms with Crippen LogP contribution in [0.5, 0.6) is 0 Å². The predicted molar refractivity (Wildman–Crippen MR) is 154 cm³/mol. The summed E-state index contributed by atoms with van der Waals surface area (Å²) in [4.78, 5) is 34.4. The molecule has 1 atom stereocenters. The van der Waals surface area contributed by atoms with E-state index in [1.54, 1.807) is 10.6 Å². The Morgan fingerprint density at radius 3 is 2.38 bits per heavy atom. The van der Waals surface area contributed by atoms with Gasteiger partial charge in [-0.3, -0.25) is 9.36 Å². The number of aryl methyl sites for hydroxylation is 1. The number of amides is 2. The van der Waals surface area contributed by atoms with E-state index < -0.39 is 6.04 Å². The first-order chi connectivity index (χ1) is 17.8. The molecule has 1 unspecified atom stereocenters. The molecular weight excluding hydrogens is 528 g/mol. The lowest BCUT2D eigenvalue weighted by Gasteiger charge is -2.33. The molecule has 6 nitrogen and oxygen atoms in total. The number of hydrogen-bond acceptors (Lipinski definition) is 3. The Hall–Kier alpha value is -3.45. The maximum Gasteiger partial charge on any atom is 0.322 e. The number of halogens is 1. The topological polar surface area (TPSA) is 67.2 Å². The first-order valence-corrected chi connectivity index (χ1v) is 13.5. The zero-order chi connectivity index (χ0) is 26.5. The maximum absolute atomic E-state index is 13.8. The summed E-state index contributed by atoms with van der Waals surface area (Å²) in [7, 11) is 0. The molecule has 0 saturated carbocycles. The Morgan fingerprint density at radius 2 is 1.70 bits per heavy atom. The molecule has 2 amide bonds. The van der Waals surface area contributed by atoms with Crippen molar-refractivity contribution in [1.82, 2.24) is 14.5 Å². The number of anilines is 1. The fraction of sp³-hybridized carbons (Fsp3) is 0.300. The van der Waals surface area contributed by atoms with E-state index in [-0.39, 0.29) is 11.6 Å². The van der Waals surface area contributed by atoms with Gasteiger partial charge in [0.25, 0.3) is 5.56 Å². The van der Waals surface area contributed by atoms with Gasteiger partial charge in [0.1, 0.15) is 5.82 Å². The lowest BCUT2D eigenvalue weighted by atomic mass is 10.1. The molecule has 0 radical (unpaired) electrons. The first kappa shape index (κ1) is 26.6. The van der Waals surface area contributed by atoms with E-state index in [0.717, 1.165) is 22.1 Å². The predicted octanol–water partition coefficient (Wildman–Crippen LogP) is 7.49. The molecule has 1 aromatic heterocycles. The van der Waals surface area contributed by atoms with Crippen LogP contribution in [0.3, 0.4) is 0 Å². The van der Waals surface area contributed by atoms with E-state index in [1.165, 1.54) is 0 Å². The Kier molecular flexibility index (Phi) is 8.44. The van der Waals surface area contributed by atoms with Crippen LogP contribution in [0.4, 0.5) is 10.5 Å². The molecule has 0 bridgehead atoms. The number of aromatic nitrogens is 2. The van der Waals surface area contributed by atoms with E-state index >= 15 is 0 Å². The van der Waals surface area contributed by atoms with E-state index in [0.29, 0.717) is 41.3 Å². The van der Waals surface area contributed by atoms with Crippen LogP contribution in [0.1, 0.15) is 51.0 Å². The maximum atomic E-state index is 13.8. The fourth-order valence-corrected chi connectivity index (χ4v) is 4.72. The Morgan fingerprint density at radius 1 is 1.03 bits per heavy atom.